The zero-order valence-corrected chi connectivity index (χ0v) is 12.3. The van der Waals surface area contributed by atoms with Gasteiger partial charge in [0, 0.05) is 6.54 Å². The number of furan rings is 1. The van der Waals surface area contributed by atoms with E-state index in [1.165, 1.54) is 19.1 Å². The molecule has 1 heterocycles. The lowest BCUT2D eigenvalue weighted by atomic mass is 9.94. The molecule has 2 rings (SSSR count). The number of alkyl halides is 3. The van der Waals surface area contributed by atoms with E-state index in [0.29, 0.717) is 5.76 Å². The van der Waals surface area contributed by atoms with E-state index in [1.807, 2.05) is 6.92 Å². The van der Waals surface area contributed by atoms with Gasteiger partial charge in [-0.25, -0.2) is 0 Å². The smallest absolute Gasteiger partial charge is 0.416 e. The Bertz CT molecular complexity index is 606. The van der Waals surface area contributed by atoms with E-state index in [1.54, 1.807) is 18.4 Å². The average molecular weight is 313 g/mol. The van der Waals surface area contributed by atoms with Crippen LogP contribution in [0.1, 0.15) is 36.8 Å². The molecule has 2 aromatic rings. The number of hydrogen-bond donors (Lipinski definition) is 2. The molecule has 3 nitrogen and oxygen atoms in total. The van der Waals surface area contributed by atoms with Crippen LogP contribution >= 0.6 is 0 Å². The first kappa shape index (κ1) is 16.6. The molecule has 0 aliphatic rings. The van der Waals surface area contributed by atoms with Crippen LogP contribution in [0.2, 0.25) is 0 Å². The van der Waals surface area contributed by atoms with Crippen LogP contribution in [-0.4, -0.2) is 11.7 Å². The fourth-order valence-electron chi connectivity index (χ4n) is 2.12. The highest BCUT2D eigenvalue weighted by Gasteiger charge is 2.32. The number of halogens is 3. The van der Waals surface area contributed by atoms with Crippen LogP contribution in [0, 0.1) is 0 Å². The summed E-state index contributed by atoms with van der Waals surface area (Å²) in [5, 5.41) is 13.5. The van der Waals surface area contributed by atoms with E-state index in [4.69, 9.17) is 4.42 Å². The highest BCUT2D eigenvalue weighted by Crippen LogP contribution is 2.32. The lowest BCUT2D eigenvalue weighted by Gasteiger charge is -2.26. The molecule has 0 spiro atoms. The van der Waals surface area contributed by atoms with Crippen LogP contribution in [0.25, 0.3) is 0 Å². The van der Waals surface area contributed by atoms with E-state index in [-0.39, 0.29) is 18.2 Å². The maximum atomic E-state index is 12.7. The van der Waals surface area contributed by atoms with Crippen molar-refractivity contribution in [1.29, 1.82) is 0 Å². The van der Waals surface area contributed by atoms with Crippen molar-refractivity contribution in [3.8, 4) is 0 Å². The molecule has 120 valence electrons. The molecule has 0 bridgehead atoms. The van der Waals surface area contributed by atoms with Gasteiger partial charge in [0.15, 0.2) is 0 Å². The fourth-order valence-corrected chi connectivity index (χ4v) is 2.12. The van der Waals surface area contributed by atoms with Crippen molar-refractivity contribution < 1.29 is 22.7 Å². The van der Waals surface area contributed by atoms with Crippen molar-refractivity contribution in [1.82, 2.24) is 5.32 Å². The Balaban J connectivity index is 2.10. The first-order valence-corrected chi connectivity index (χ1v) is 6.87. The molecule has 2 atom stereocenters. The molecule has 0 fully saturated rings. The van der Waals surface area contributed by atoms with E-state index in [0.717, 1.165) is 12.1 Å². The van der Waals surface area contributed by atoms with Crippen LogP contribution in [0.5, 0.6) is 0 Å². The summed E-state index contributed by atoms with van der Waals surface area (Å²) in [4.78, 5) is 0. The Kier molecular flexibility index (Phi) is 4.63. The second kappa shape index (κ2) is 6.14. The molecule has 2 N–H and O–H groups in total. The third kappa shape index (κ3) is 3.90. The molecule has 0 saturated heterocycles. The number of hydrogen-bond acceptors (Lipinski definition) is 3. The zero-order chi connectivity index (χ0) is 16.4. The first-order valence-electron chi connectivity index (χ1n) is 6.87. The lowest BCUT2D eigenvalue weighted by Crippen LogP contribution is -2.36. The van der Waals surface area contributed by atoms with Crippen LogP contribution < -0.4 is 5.32 Å². The van der Waals surface area contributed by atoms with Gasteiger partial charge < -0.3 is 14.8 Å². The molecule has 1 aromatic carbocycles. The third-order valence-electron chi connectivity index (χ3n) is 3.53. The summed E-state index contributed by atoms with van der Waals surface area (Å²) in [6.07, 6.45) is -2.89. The van der Waals surface area contributed by atoms with Crippen molar-refractivity contribution in [2.45, 2.75) is 31.7 Å². The second-order valence-corrected chi connectivity index (χ2v) is 5.47. The van der Waals surface area contributed by atoms with E-state index >= 15 is 0 Å². The van der Waals surface area contributed by atoms with Gasteiger partial charge in [-0.1, -0.05) is 12.1 Å². The van der Waals surface area contributed by atoms with Gasteiger partial charge in [0.2, 0.25) is 0 Å². The van der Waals surface area contributed by atoms with E-state index in [2.05, 4.69) is 5.32 Å². The van der Waals surface area contributed by atoms with Gasteiger partial charge in [-0.05, 0) is 43.7 Å². The van der Waals surface area contributed by atoms with Crippen molar-refractivity contribution >= 4 is 0 Å². The van der Waals surface area contributed by atoms with Gasteiger partial charge in [0.05, 0.1) is 23.5 Å². The molecular weight excluding hydrogens is 295 g/mol. The predicted octanol–water partition coefficient (Wildman–Crippen LogP) is 3.86. The Morgan fingerprint density at radius 2 is 1.86 bits per heavy atom. The molecule has 2 unspecified atom stereocenters. The largest absolute Gasteiger partial charge is 0.468 e. The molecule has 1 aromatic heterocycles. The SMILES string of the molecule is CC(NCC(C)(O)c1cccc(C(F)(F)F)c1)c1ccco1. The summed E-state index contributed by atoms with van der Waals surface area (Å²) in [5.41, 5.74) is -1.99. The third-order valence-corrected chi connectivity index (χ3v) is 3.53. The van der Waals surface area contributed by atoms with Crippen molar-refractivity contribution in [2.75, 3.05) is 6.54 Å². The molecule has 0 amide bonds. The standard InChI is InChI=1S/C16H18F3NO2/c1-11(14-7-4-8-22-14)20-10-15(2,21)12-5-3-6-13(9-12)16(17,18)19/h3-9,11,20-21H,10H2,1-2H3. The molecular formula is C16H18F3NO2. The highest BCUT2D eigenvalue weighted by atomic mass is 19.4. The minimum atomic E-state index is -4.43. The maximum Gasteiger partial charge on any atom is 0.416 e. The highest BCUT2D eigenvalue weighted by molar-refractivity contribution is 5.29. The van der Waals surface area contributed by atoms with Crippen LogP contribution in [-0.2, 0) is 11.8 Å². The number of rotatable bonds is 5. The summed E-state index contributed by atoms with van der Waals surface area (Å²) in [6.45, 7) is 3.42. The monoisotopic (exact) mass is 313 g/mol. The molecule has 0 aliphatic carbocycles. The minimum absolute atomic E-state index is 0.0934. The number of aliphatic hydroxyl groups is 1. The fraction of sp³-hybridized carbons (Fsp3) is 0.375. The molecule has 6 heteroatoms. The average Bonchev–Trinajstić information content (AvgIpc) is 2.98. The van der Waals surface area contributed by atoms with E-state index in [9.17, 15) is 18.3 Å². The van der Waals surface area contributed by atoms with Crippen LogP contribution in [0.4, 0.5) is 13.2 Å². The predicted molar refractivity (Wildman–Crippen MR) is 76.1 cm³/mol. The molecule has 22 heavy (non-hydrogen) atoms. The number of nitrogens with one attached hydrogen (secondary N) is 1. The Morgan fingerprint density at radius 3 is 2.45 bits per heavy atom. The number of benzene rings is 1. The van der Waals surface area contributed by atoms with Gasteiger partial charge in [0.25, 0.3) is 0 Å². The summed E-state index contributed by atoms with van der Waals surface area (Å²) in [5.74, 6) is 0.694. The molecule has 0 saturated carbocycles. The van der Waals surface area contributed by atoms with Crippen LogP contribution in [0.15, 0.2) is 47.1 Å². The van der Waals surface area contributed by atoms with Crippen LogP contribution in [0.3, 0.4) is 0 Å². The summed E-state index contributed by atoms with van der Waals surface area (Å²) in [7, 11) is 0. The van der Waals surface area contributed by atoms with Crippen molar-refractivity contribution in [3.63, 3.8) is 0 Å². The zero-order valence-electron chi connectivity index (χ0n) is 12.3. The quantitative estimate of drug-likeness (QED) is 0.881. The van der Waals surface area contributed by atoms with Gasteiger partial charge in [0.1, 0.15) is 5.76 Å². The van der Waals surface area contributed by atoms with Gasteiger partial charge in [-0.3, -0.25) is 0 Å². The first-order chi connectivity index (χ1) is 10.2. The molecule has 0 aliphatic heterocycles. The molecule has 0 radical (unpaired) electrons. The maximum absolute atomic E-state index is 12.7. The summed E-state index contributed by atoms with van der Waals surface area (Å²) in [6, 6.07) is 8.11. The van der Waals surface area contributed by atoms with E-state index < -0.39 is 17.3 Å². The lowest BCUT2D eigenvalue weighted by molar-refractivity contribution is -0.137. The Hall–Kier alpha value is -1.79. The topological polar surface area (TPSA) is 45.4 Å². The van der Waals surface area contributed by atoms with Gasteiger partial charge in [-0.2, -0.15) is 13.2 Å². The van der Waals surface area contributed by atoms with Crippen molar-refractivity contribution in [3.05, 3.63) is 59.5 Å². The normalized spacial score (nSPS) is 16.3. The summed E-state index contributed by atoms with van der Waals surface area (Å²) >= 11 is 0. The van der Waals surface area contributed by atoms with Gasteiger partial charge >= 0.3 is 6.18 Å². The Labute approximate surface area is 126 Å². The second-order valence-electron chi connectivity index (χ2n) is 5.47. The van der Waals surface area contributed by atoms with Crippen molar-refractivity contribution in [2.24, 2.45) is 0 Å². The Morgan fingerprint density at radius 1 is 1.18 bits per heavy atom. The van der Waals surface area contributed by atoms with Gasteiger partial charge in [-0.15, -0.1) is 0 Å². The summed E-state index contributed by atoms with van der Waals surface area (Å²) < 4.78 is 43.5. The minimum Gasteiger partial charge on any atom is -0.468 e.